The third kappa shape index (κ3) is 2.93. The van der Waals surface area contributed by atoms with Crippen LogP contribution in [0.5, 0.6) is 0 Å². The zero-order chi connectivity index (χ0) is 13.2. The molecule has 2 heterocycles. The molecule has 0 unspecified atom stereocenters. The van der Waals surface area contributed by atoms with Crippen molar-refractivity contribution in [1.82, 2.24) is 10.2 Å². The van der Waals surface area contributed by atoms with Gasteiger partial charge >= 0.3 is 0 Å². The van der Waals surface area contributed by atoms with E-state index in [9.17, 15) is 9.18 Å². The predicted octanol–water partition coefficient (Wildman–Crippen LogP) is 0.772. The highest BCUT2D eigenvalue weighted by atomic mass is 19.1. The number of ether oxygens (including phenoxy) is 1. The van der Waals surface area contributed by atoms with E-state index in [1.54, 1.807) is 12.1 Å². The van der Waals surface area contributed by atoms with Crippen LogP contribution in [-0.4, -0.2) is 43.2 Å². The maximum absolute atomic E-state index is 13.2. The minimum Gasteiger partial charge on any atom is -0.378 e. The first-order valence-electron chi connectivity index (χ1n) is 6.55. The molecule has 2 fully saturated rings. The molecule has 4 nitrogen and oxygen atoms in total. The number of rotatable bonds is 2. The van der Waals surface area contributed by atoms with Crippen LogP contribution < -0.4 is 5.32 Å². The van der Waals surface area contributed by atoms with Gasteiger partial charge in [0.05, 0.1) is 25.2 Å². The molecule has 2 atom stereocenters. The van der Waals surface area contributed by atoms with E-state index in [2.05, 4.69) is 10.2 Å². The van der Waals surface area contributed by atoms with E-state index in [4.69, 9.17) is 4.74 Å². The first-order valence-corrected chi connectivity index (χ1v) is 6.55. The van der Waals surface area contributed by atoms with Crippen LogP contribution in [0.3, 0.4) is 0 Å². The normalized spacial score (nSPS) is 27.7. The summed E-state index contributed by atoms with van der Waals surface area (Å²) in [6.07, 6.45) is 0. The zero-order valence-corrected chi connectivity index (χ0v) is 10.6. The fourth-order valence-electron chi connectivity index (χ4n) is 2.74. The van der Waals surface area contributed by atoms with E-state index in [0.29, 0.717) is 26.3 Å². The number of hydrogen-bond acceptors (Lipinski definition) is 3. The predicted molar refractivity (Wildman–Crippen MR) is 67.9 cm³/mol. The van der Waals surface area contributed by atoms with Crippen LogP contribution in [0.15, 0.2) is 24.3 Å². The average Bonchev–Trinajstić information content (AvgIpc) is 2.58. The number of carbonyl (C=O) groups is 1. The lowest BCUT2D eigenvalue weighted by Gasteiger charge is -2.27. The van der Waals surface area contributed by atoms with Gasteiger partial charge in [-0.1, -0.05) is 12.1 Å². The minimum absolute atomic E-state index is 0.0357. The molecule has 0 spiro atoms. The van der Waals surface area contributed by atoms with Crippen molar-refractivity contribution < 1.29 is 13.9 Å². The molecule has 1 aromatic carbocycles. The Balaban J connectivity index is 1.73. The molecule has 5 heteroatoms. The second-order valence-electron chi connectivity index (χ2n) is 5.26. The molecule has 1 N–H and O–H groups in total. The minimum atomic E-state index is -0.218. The van der Waals surface area contributed by atoms with Gasteiger partial charge in [-0.15, -0.1) is 0 Å². The highest BCUT2D eigenvalue weighted by Crippen LogP contribution is 2.16. The summed E-state index contributed by atoms with van der Waals surface area (Å²) in [5.74, 6) is -0.268. The first kappa shape index (κ1) is 12.6. The summed E-state index contributed by atoms with van der Waals surface area (Å²) in [6, 6.07) is 6.66. The second-order valence-corrected chi connectivity index (χ2v) is 5.26. The number of fused-ring (bicyclic) bond motifs is 3. The lowest BCUT2D eigenvalue weighted by Crippen LogP contribution is -2.41. The largest absolute Gasteiger partial charge is 0.378 e. The van der Waals surface area contributed by atoms with Crippen molar-refractivity contribution in [1.29, 1.82) is 0 Å². The van der Waals surface area contributed by atoms with Gasteiger partial charge in [0.1, 0.15) is 5.82 Å². The Kier molecular flexibility index (Phi) is 3.48. The maximum atomic E-state index is 13.2. The van der Waals surface area contributed by atoms with Crippen LogP contribution in [0.4, 0.5) is 4.39 Å². The summed E-state index contributed by atoms with van der Waals surface area (Å²) >= 11 is 0. The van der Waals surface area contributed by atoms with Crippen molar-refractivity contribution in [3.8, 4) is 0 Å². The monoisotopic (exact) mass is 264 g/mol. The van der Waals surface area contributed by atoms with Gasteiger partial charge in [0, 0.05) is 19.6 Å². The highest BCUT2D eigenvalue weighted by molar-refractivity contribution is 5.79. The van der Waals surface area contributed by atoms with E-state index >= 15 is 0 Å². The standard InChI is InChI=1S/C14H17FN2O2/c15-12-3-1-2-10(4-12)5-17-6-11-8-19-9-13(7-17)16-14(11)18/h1-4,11,13H,5-9H2,(H,16,18)/t11-,13+/m1/s1. The van der Waals surface area contributed by atoms with E-state index in [1.165, 1.54) is 6.07 Å². The van der Waals surface area contributed by atoms with Crippen LogP contribution in [0, 0.1) is 11.7 Å². The molecule has 19 heavy (non-hydrogen) atoms. The van der Waals surface area contributed by atoms with E-state index in [1.807, 2.05) is 6.07 Å². The molecule has 2 bridgehead atoms. The molecule has 2 aliphatic rings. The molecule has 3 rings (SSSR count). The van der Waals surface area contributed by atoms with E-state index in [0.717, 1.165) is 12.1 Å². The van der Waals surface area contributed by atoms with Crippen LogP contribution in [0.25, 0.3) is 0 Å². The number of nitrogens with one attached hydrogen (secondary N) is 1. The average molecular weight is 264 g/mol. The number of nitrogens with zero attached hydrogens (tertiary/aromatic N) is 1. The van der Waals surface area contributed by atoms with Crippen molar-refractivity contribution in [3.05, 3.63) is 35.6 Å². The van der Waals surface area contributed by atoms with Gasteiger partial charge in [0.2, 0.25) is 5.91 Å². The van der Waals surface area contributed by atoms with Crippen LogP contribution in [0.1, 0.15) is 5.56 Å². The lowest BCUT2D eigenvalue weighted by atomic mass is 10.1. The topological polar surface area (TPSA) is 41.6 Å². The summed E-state index contributed by atoms with van der Waals surface area (Å²) in [6.45, 7) is 3.11. The summed E-state index contributed by atoms with van der Waals surface area (Å²) in [5.41, 5.74) is 0.938. The number of carbonyl (C=O) groups excluding carboxylic acids is 1. The number of halogens is 1. The van der Waals surface area contributed by atoms with Gasteiger partial charge in [0.15, 0.2) is 0 Å². The fourth-order valence-corrected chi connectivity index (χ4v) is 2.74. The van der Waals surface area contributed by atoms with Gasteiger partial charge in [-0.2, -0.15) is 0 Å². The molecule has 1 amide bonds. The van der Waals surface area contributed by atoms with Gasteiger partial charge in [0.25, 0.3) is 0 Å². The van der Waals surface area contributed by atoms with Crippen molar-refractivity contribution in [2.24, 2.45) is 5.92 Å². The molecule has 1 aromatic rings. The van der Waals surface area contributed by atoms with Crippen molar-refractivity contribution in [2.75, 3.05) is 26.3 Å². The molecule has 2 aliphatic heterocycles. The second kappa shape index (κ2) is 5.27. The van der Waals surface area contributed by atoms with Gasteiger partial charge in [-0.25, -0.2) is 4.39 Å². The van der Waals surface area contributed by atoms with E-state index in [-0.39, 0.29) is 23.7 Å². The summed E-state index contributed by atoms with van der Waals surface area (Å²) in [7, 11) is 0. The smallest absolute Gasteiger partial charge is 0.227 e. The third-order valence-electron chi connectivity index (χ3n) is 3.61. The first-order chi connectivity index (χ1) is 9.20. The van der Waals surface area contributed by atoms with Gasteiger partial charge in [-0.3, -0.25) is 9.69 Å². The molecule has 0 aliphatic carbocycles. The van der Waals surface area contributed by atoms with Crippen molar-refractivity contribution in [2.45, 2.75) is 12.6 Å². The van der Waals surface area contributed by atoms with Crippen LogP contribution >= 0.6 is 0 Å². The molecule has 2 saturated heterocycles. The Morgan fingerprint density at radius 2 is 2.26 bits per heavy atom. The Morgan fingerprint density at radius 3 is 3.11 bits per heavy atom. The summed E-state index contributed by atoms with van der Waals surface area (Å²) in [4.78, 5) is 14.1. The Hall–Kier alpha value is -1.46. The lowest BCUT2D eigenvalue weighted by molar-refractivity contribution is -0.125. The van der Waals surface area contributed by atoms with Crippen LogP contribution in [0.2, 0.25) is 0 Å². The number of amides is 1. The Labute approximate surface area is 111 Å². The SMILES string of the molecule is O=C1N[C@@H]2COC[C@H]1CN(Cc1cccc(F)c1)C2. The van der Waals surface area contributed by atoms with Crippen molar-refractivity contribution in [3.63, 3.8) is 0 Å². The number of benzene rings is 1. The summed E-state index contributed by atoms with van der Waals surface area (Å²) < 4.78 is 18.7. The maximum Gasteiger partial charge on any atom is 0.227 e. The van der Waals surface area contributed by atoms with Crippen molar-refractivity contribution >= 4 is 5.91 Å². The Bertz CT molecular complexity index is 480. The van der Waals surface area contributed by atoms with E-state index < -0.39 is 0 Å². The fraction of sp³-hybridized carbons (Fsp3) is 0.500. The zero-order valence-electron chi connectivity index (χ0n) is 10.6. The Morgan fingerprint density at radius 1 is 1.37 bits per heavy atom. The van der Waals surface area contributed by atoms with Gasteiger partial charge < -0.3 is 10.1 Å². The molecular formula is C14H17FN2O2. The summed E-state index contributed by atoms with van der Waals surface area (Å²) in [5, 5.41) is 2.99. The third-order valence-corrected chi connectivity index (χ3v) is 3.61. The van der Waals surface area contributed by atoms with Crippen LogP contribution in [-0.2, 0) is 16.1 Å². The molecular weight excluding hydrogens is 247 g/mol. The van der Waals surface area contributed by atoms with Gasteiger partial charge in [-0.05, 0) is 17.7 Å². The molecule has 0 aromatic heterocycles. The highest BCUT2D eigenvalue weighted by Gasteiger charge is 2.32. The molecule has 102 valence electrons. The molecule has 0 saturated carbocycles. The molecule has 0 radical (unpaired) electrons. The number of hydrogen-bond donors (Lipinski definition) is 1. The quantitative estimate of drug-likeness (QED) is 0.858.